The quantitative estimate of drug-likeness (QED) is 0.764. The third kappa shape index (κ3) is 5.39. The van der Waals surface area contributed by atoms with Gasteiger partial charge in [0.05, 0.1) is 0 Å². The molecule has 3 rings (SSSR count). The molecule has 1 fully saturated rings. The fourth-order valence-electron chi connectivity index (χ4n) is 3.95. The number of carbonyl (C=O) groups excluding carboxylic acids is 1. The molecule has 1 saturated heterocycles. The van der Waals surface area contributed by atoms with Crippen LogP contribution in [0, 0.1) is 18.7 Å². The number of rotatable bonds is 6. The number of piperidine rings is 1. The van der Waals surface area contributed by atoms with Gasteiger partial charge in [-0.1, -0.05) is 35.9 Å². The summed E-state index contributed by atoms with van der Waals surface area (Å²) in [7, 11) is 1.89. The standard InChI is InChI=1S/C23H29FN2O/c1-18-7-5-10-21(15-18)23(27)25(2)16-19-8-6-13-26(17-19)14-12-20-9-3-4-11-22(20)24/h3-5,7,9-11,15,19H,6,8,12-14,16-17H2,1-2H3/t19-/m1/s1. The molecule has 0 unspecified atom stereocenters. The topological polar surface area (TPSA) is 23.6 Å². The van der Waals surface area contributed by atoms with Crippen LogP contribution in [0.15, 0.2) is 48.5 Å². The number of amides is 1. The maximum Gasteiger partial charge on any atom is 0.253 e. The first-order chi connectivity index (χ1) is 13.0. The van der Waals surface area contributed by atoms with Crippen molar-refractivity contribution in [1.29, 1.82) is 0 Å². The Morgan fingerprint density at radius 2 is 2.04 bits per heavy atom. The van der Waals surface area contributed by atoms with Crippen LogP contribution in [0.1, 0.15) is 34.3 Å². The molecule has 0 bridgehead atoms. The normalized spacial score (nSPS) is 17.7. The smallest absolute Gasteiger partial charge is 0.253 e. The van der Waals surface area contributed by atoms with Crippen LogP contribution in [0.4, 0.5) is 4.39 Å². The lowest BCUT2D eigenvalue weighted by Gasteiger charge is -2.34. The van der Waals surface area contributed by atoms with Gasteiger partial charge in [-0.15, -0.1) is 0 Å². The van der Waals surface area contributed by atoms with Gasteiger partial charge in [-0.3, -0.25) is 4.79 Å². The molecule has 1 atom stereocenters. The fraction of sp³-hybridized carbons (Fsp3) is 0.435. The van der Waals surface area contributed by atoms with E-state index < -0.39 is 0 Å². The van der Waals surface area contributed by atoms with E-state index in [-0.39, 0.29) is 11.7 Å². The van der Waals surface area contributed by atoms with Crippen LogP contribution < -0.4 is 0 Å². The van der Waals surface area contributed by atoms with Crippen LogP contribution in [-0.2, 0) is 6.42 Å². The maximum atomic E-state index is 13.8. The molecule has 2 aromatic rings. The van der Waals surface area contributed by atoms with E-state index in [2.05, 4.69) is 4.90 Å². The van der Waals surface area contributed by atoms with E-state index in [0.717, 1.165) is 62.1 Å². The molecule has 0 radical (unpaired) electrons. The first kappa shape index (κ1) is 19.6. The predicted octanol–water partition coefficient (Wildman–Crippen LogP) is 4.16. The number of hydrogen-bond donors (Lipinski definition) is 0. The van der Waals surface area contributed by atoms with Gasteiger partial charge in [0.25, 0.3) is 5.91 Å². The van der Waals surface area contributed by atoms with E-state index in [0.29, 0.717) is 5.92 Å². The van der Waals surface area contributed by atoms with E-state index >= 15 is 0 Å². The lowest BCUT2D eigenvalue weighted by atomic mass is 9.96. The molecular weight excluding hydrogens is 339 g/mol. The van der Waals surface area contributed by atoms with Crippen molar-refractivity contribution in [3.05, 3.63) is 71.0 Å². The molecule has 0 N–H and O–H groups in total. The van der Waals surface area contributed by atoms with Gasteiger partial charge in [0.15, 0.2) is 0 Å². The number of carbonyl (C=O) groups is 1. The van der Waals surface area contributed by atoms with Crippen molar-refractivity contribution in [3.8, 4) is 0 Å². The first-order valence-corrected chi connectivity index (χ1v) is 9.81. The highest BCUT2D eigenvalue weighted by atomic mass is 19.1. The van der Waals surface area contributed by atoms with Gasteiger partial charge in [-0.25, -0.2) is 4.39 Å². The second-order valence-electron chi connectivity index (χ2n) is 7.71. The Kier molecular flexibility index (Phi) is 6.62. The summed E-state index contributed by atoms with van der Waals surface area (Å²) in [5.74, 6) is 0.440. The first-order valence-electron chi connectivity index (χ1n) is 9.81. The summed E-state index contributed by atoms with van der Waals surface area (Å²) in [4.78, 5) is 16.9. The van der Waals surface area contributed by atoms with Gasteiger partial charge in [-0.2, -0.15) is 0 Å². The zero-order valence-electron chi connectivity index (χ0n) is 16.3. The van der Waals surface area contributed by atoms with E-state index in [1.54, 1.807) is 6.07 Å². The van der Waals surface area contributed by atoms with Crippen molar-refractivity contribution in [2.75, 3.05) is 33.2 Å². The molecule has 1 amide bonds. The van der Waals surface area contributed by atoms with Gasteiger partial charge >= 0.3 is 0 Å². The average molecular weight is 368 g/mol. The summed E-state index contributed by atoms with van der Waals surface area (Å²) in [6.45, 7) is 5.67. The number of hydrogen-bond acceptors (Lipinski definition) is 2. The highest BCUT2D eigenvalue weighted by Gasteiger charge is 2.23. The van der Waals surface area contributed by atoms with Crippen molar-refractivity contribution >= 4 is 5.91 Å². The van der Waals surface area contributed by atoms with Gasteiger partial charge in [0.1, 0.15) is 5.82 Å². The zero-order valence-corrected chi connectivity index (χ0v) is 16.3. The minimum Gasteiger partial charge on any atom is -0.341 e. The Bertz CT molecular complexity index is 776. The summed E-state index contributed by atoms with van der Waals surface area (Å²) < 4.78 is 13.8. The van der Waals surface area contributed by atoms with Crippen LogP contribution >= 0.6 is 0 Å². The van der Waals surface area contributed by atoms with Crippen LogP contribution in [0.2, 0.25) is 0 Å². The SMILES string of the molecule is Cc1cccc(C(=O)N(C)C[C@H]2CCCN(CCc3ccccc3F)C2)c1. The molecule has 0 spiro atoms. The fourth-order valence-corrected chi connectivity index (χ4v) is 3.95. The van der Waals surface area contributed by atoms with Crippen molar-refractivity contribution in [2.45, 2.75) is 26.2 Å². The minimum atomic E-state index is -0.116. The number of nitrogens with zero attached hydrogens (tertiary/aromatic N) is 2. The molecule has 4 heteroatoms. The second kappa shape index (κ2) is 9.14. The predicted molar refractivity (Wildman–Crippen MR) is 107 cm³/mol. The average Bonchev–Trinajstić information content (AvgIpc) is 2.67. The molecule has 1 heterocycles. The molecule has 27 heavy (non-hydrogen) atoms. The summed E-state index contributed by atoms with van der Waals surface area (Å²) in [5, 5.41) is 0. The monoisotopic (exact) mass is 368 g/mol. The Balaban J connectivity index is 1.52. The van der Waals surface area contributed by atoms with E-state index in [9.17, 15) is 9.18 Å². The summed E-state index contributed by atoms with van der Waals surface area (Å²) in [5.41, 5.74) is 2.64. The van der Waals surface area contributed by atoms with Crippen LogP contribution in [0.3, 0.4) is 0 Å². The lowest BCUT2D eigenvalue weighted by Crippen LogP contribution is -2.42. The van der Waals surface area contributed by atoms with Crippen molar-refractivity contribution < 1.29 is 9.18 Å². The molecule has 2 aromatic carbocycles. The molecular formula is C23H29FN2O. The van der Waals surface area contributed by atoms with Crippen LogP contribution in [0.25, 0.3) is 0 Å². The number of aryl methyl sites for hydroxylation is 1. The van der Waals surface area contributed by atoms with Crippen molar-refractivity contribution in [1.82, 2.24) is 9.80 Å². The molecule has 1 aliphatic heterocycles. The highest BCUT2D eigenvalue weighted by Crippen LogP contribution is 2.19. The van der Waals surface area contributed by atoms with E-state index in [4.69, 9.17) is 0 Å². The summed E-state index contributed by atoms with van der Waals surface area (Å²) in [6, 6.07) is 14.8. The van der Waals surface area contributed by atoms with Gasteiger partial charge in [0.2, 0.25) is 0 Å². The highest BCUT2D eigenvalue weighted by molar-refractivity contribution is 5.94. The van der Waals surface area contributed by atoms with Crippen molar-refractivity contribution in [3.63, 3.8) is 0 Å². The van der Waals surface area contributed by atoms with E-state index in [1.165, 1.54) is 6.07 Å². The molecule has 0 aromatic heterocycles. The number of likely N-dealkylation sites (tertiary alicyclic amines) is 1. The molecule has 0 aliphatic carbocycles. The van der Waals surface area contributed by atoms with Crippen LogP contribution in [0.5, 0.6) is 0 Å². The minimum absolute atomic E-state index is 0.0854. The Labute approximate surface area is 161 Å². The molecule has 144 valence electrons. The molecule has 0 saturated carbocycles. The van der Waals surface area contributed by atoms with Crippen molar-refractivity contribution in [2.24, 2.45) is 5.92 Å². The maximum absolute atomic E-state index is 13.8. The summed E-state index contributed by atoms with van der Waals surface area (Å²) >= 11 is 0. The van der Waals surface area contributed by atoms with Gasteiger partial charge in [-0.05, 0) is 62.4 Å². The molecule has 1 aliphatic rings. The van der Waals surface area contributed by atoms with Gasteiger partial charge < -0.3 is 9.80 Å². The Morgan fingerprint density at radius 3 is 2.81 bits per heavy atom. The Morgan fingerprint density at radius 1 is 1.22 bits per heavy atom. The lowest BCUT2D eigenvalue weighted by molar-refractivity contribution is 0.0730. The van der Waals surface area contributed by atoms with Crippen LogP contribution in [-0.4, -0.2) is 48.9 Å². The molecule has 3 nitrogen and oxygen atoms in total. The third-order valence-electron chi connectivity index (χ3n) is 5.40. The number of benzene rings is 2. The second-order valence-corrected chi connectivity index (χ2v) is 7.71. The zero-order chi connectivity index (χ0) is 19.2. The van der Waals surface area contributed by atoms with Gasteiger partial charge in [0, 0.05) is 32.2 Å². The third-order valence-corrected chi connectivity index (χ3v) is 5.40. The largest absolute Gasteiger partial charge is 0.341 e. The summed E-state index contributed by atoms with van der Waals surface area (Å²) in [6.07, 6.45) is 3.01. The van der Waals surface area contributed by atoms with E-state index in [1.807, 2.05) is 55.3 Å². The number of halogens is 1. The Hall–Kier alpha value is -2.20.